The molecular weight excluding hydrogens is 327 g/mol. The molecule has 0 amide bonds. The first-order valence-electron chi connectivity index (χ1n) is 7.95. The van der Waals surface area contributed by atoms with Gasteiger partial charge in [-0.1, -0.05) is 0 Å². The highest BCUT2D eigenvalue weighted by atomic mass is 32.2. The fourth-order valence-corrected chi connectivity index (χ4v) is 4.37. The summed E-state index contributed by atoms with van der Waals surface area (Å²) >= 11 is 0. The van der Waals surface area contributed by atoms with Gasteiger partial charge in [-0.15, -0.1) is 0 Å². The number of aromatic nitrogens is 1. The molecule has 0 radical (unpaired) electrons. The van der Waals surface area contributed by atoms with Gasteiger partial charge in [-0.2, -0.15) is 0 Å². The molecular formula is C18H17FN2O2S. The summed E-state index contributed by atoms with van der Waals surface area (Å²) in [6.07, 6.45) is 4.28. The summed E-state index contributed by atoms with van der Waals surface area (Å²) in [7, 11) is -3.71. The van der Waals surface area contributed by atoms with Crippen molar-refractivity contribution in [3.8, 4) is 0 Å². The minimum atomic E-state index is -3.71. The van der Waals surface area contributed by atoms with Gasteiger partial charge in [0.15, 0.2) is 0 Å². The molecule has 1 aliphatic carbocycles. The first-order valence-corrected chi connectivity index (χ1v) is 9.43. The Morgan fingerprint density at radius 3 is 2.54 bits per heavy atom. The average Bonchev–Trinajstić information content (AvgIpc) is 2.94. The van der Waals surface area contributed by atoms with Gasteiger partial charge in [0.1, 0.15) is 5.82 Å². The number of nitrogens with one attached hydrogen (secondary N) is 2. The molecule has 1 aliphatic rings. The summed E-state index contributed by atoms with van der Waals surface area (Å²) in [6, 6.07) is 10.4. The van der Waals surface area contributed by atoms with E-state index >= 15 is 0 Å². The number of anilines is 1. The van der Waals surface area contributed by atoms with Crippen LogP contribution in [0.2, 0.25) is 0 Å². The topological polar surface area (TPSA) is 62.0 Å². The molecule has 124 valence electrons. The largest absolute Gasteiger partial charge is 0.358 e. The Kier molecular flexibility index (Phi) is 3.57. The Bertz CT molecular complexity index is 1010. The van der Waals surface area contributed by atoms with Crippen LogP contribution in [0, 0.1) is 5.82 Å². The van der Waals surface area contributed by atoms with E-state index in [0.29, 0.717) is 5.69 Å². The maximum absolute atomic E-state index is 13.0. The van der Waals surface area contributed by atoms with Gasteiger partial charge in [-0.25, -0.2) is 12.8 Å². The summed E-state index contributed by atoms with van der Waals surface area (Å²) in [4.78, 5) is 3.61. The lowest BCUT2D eigenvalue weighted by atomic mass is 9.96. The Morgan fingerprint density at radius 2 is 1.75 bits per heavy atom. The van der Waals surface area contributed by atoms with Crippen LogP contribution in [0.5, 0.6) is 0 Å². The molecule has 0 spiro atoms. The first kappa shape index (κ1) is 15.2. The third-order valence-corrected chi connectivity index (χ3v) is 5.86. The van der Waals surface area contributed by atoms with E-state index in [2.05, 4.69) is 9.71 Å². The molecule has 0 unspecified atom stereocenters. The van der Waals surface area contributed by atoms with Crippen molar-refractivity contribution in [1.82, 2.24) is 4.98 Å². The van der Waals surface area contributed by atoms with E-state index in [-0.39, 0.29) is 4.90 Å². The zero-order chi connectivity index (χ0) is 16.7. The van der Waals surface area contributed by atoms with Gasteiger partial charge in [-0.05, 0) is 73.7 Å². The number of aromatic amines is 1. The lowest BCUT2D eigenvalue weighted by Gasteiger charge is -2.11. The van der Waals surface area contributed by atoms with Crippen LogP contribution >= 0.6 is 0 Å². The van der Waals surface area contributed by atoms with Crippen molar-refractivity contribution in [2.45, 2.75) is 30.6 Å². The Hall–Kier alpha value is -2.34. The number of sulfonamides is 1. The molecule has 0 aliphatic heterocycles. The van der Waals surface area contributed by atoms with Crippen molar-refractivity contribution in [2.24, 2.45) is 0 Å². The van der Waals surface area contributed by atoms with Gasteiger partial charge in [0, 0.05) is 22.3 Å². The second-order valence-corrected chi connectivity index (χ2v) is 7.79. The van der Waals surface area contributed by atoms with E-state index in [1.54, 1.807) is 12.1 Å². The van der Waals surface area contributed by atoms with Gasteiger partial charge in [0.2, 0.25) is 0 Å². The third-order valence-electron chi connectivity index (χ3n) is 4.48. The molecule has 2 aromatic carbocycles. The lowest BCUT2D eigenvalue weighted by Crippen LogP contribution is -2.12. The van der Waals surface area contributed by atoms with Crippen molar-refractivity contribution in [3.63, 3.8) is 0 Å². The lowest BCUT2D eigenvalue weighted by molar-refractivity contribution is 0.601. The highest BCUT2D eigenvalue weighted by Gasteiger charge is 2.19. The molecule has 0 saturated heterocycles. The van der Waals surface area contributed by atoms with Gasteiger partial charge in [0.05, 0.1) is 4.90 Å². The van der Waals surface area contributed by atoms with E-state index in [1.165, 1.54) is 35.5 Å². The number of H-pyrrole nitrogens is 1. The fourth-order valence-electron chi connectivity index (χ4n) is 3.28. The fraction of sp³-hybridized carbons (Fsp3) is 0.222. The number of fused-ring (bicyclic) bond motifs is 3. The van der Waals surface area contributed by atoms with Crippen LogP contribution in [0.1, 0.15) is 24.1 Å². The van der Waals surface area contributed by atoms with E-state index in [9.17, 15) is 12.8 Å². The molecule has 0 atom stereocenters. The highest BCUT2D eigenvalue weighted by molar-refractivity contribution is 7.92. The van der Waals surface area contributed by atoms with Gasteiger partial charge >= 0.3 is 0 Å². The normalized spacial score (nSPS) is 14.5. The molecule has 6 heteroatoms. The maximum atomic E-state index is 13.0. The summed E-state index contributed by atoms with van der Waals surface area (Å²) in [6.45, 7) is 0. The molecule has 0 fully saturated rings. The summed E-state index contributed by atoms with van der Waals surface area (Å²) in [5.74, 6) is -0.404. The predicted molar refractivity (Wildman–Crippen MR) is 92.1 cm³/mol. The summed E-state index contributed by atoms with van der Waals surface area (Å²) in [5, 5.41) is 0.978. The highest BCUT2D eigenvalue weighted by Crippen LogP contribution is 2.31. The van der Waals surface area contributed by atoms with Crippen LogP contribution in [-0.2, 0) is 22.9 Å². The molecule has 0 bridgehead atoms. The second-order valence-electron chi connectivity index (χ2n) is 6.11. The molecule has 0 saturated carbocycles. The minimum absolute atomic E-state index is 0.215. The van der Waals surface area contributed by atoms with Crippen LogP contribution in [0.4, 0.5) is 10.1 Å². The molecule has 4 rings (SSSR count). The zero-order valence-corrected chi connectivity index (χ0v) is 13.8. The quantitative estimate of drug-likeness (QED) is 0.755. The Morgan fingerprint density at radius 1 is 1.00 bits per heavy atom. The smallest absolute Gasteiger partial charge is 0.261 e. The van der Waals surface area contributed by atoms with Gasteiger partial charge < -0.3 is 4.98 Å². The number of benzene rings is 2. The minimum Gasteiger partial charge on any atom is -0.358 e. The first-order chi connectivity index (χ1) is 11.5. The molecule has 2 N–H and O–H groups in total. The summed E-state index contributed by atoms with van der Waals surface area (Å²) in [5.41, 5.74) is 3.77. The van der Waals surface area contributed by atoms with E-state index in [1.807, 2.05) is 6.07 Å². The SMILES string of the molecule is O=S(=O)(Nc1ccc(F)cc1)c1ccc2[nH]c3c(c2c1)CCCC3. The maximum Gasteiger partial charge on any atom is 0.261 e. The number of hydrogen-bond donors (Lipinski definition) is 2. The van der Waals surface area contributed by atoms with Crippen LogP contribution in [0.15, 0.2) is 47.4 Å². The number of rotatable bonds is 3. The second kappa shape index (κ2) is 5.63. The standard InChI is InChI=1S/C18H17FN2O2S/c19-12-5-7-13(8-6-12)21-24(22,23)14-9-10-18-16(11-14)15-3-1-2-4-17(15)20-18/h5-11,20-21H,1-4H2. The third kappa shape index (κ3) is 2.67. The predicted octanol–water partition coefficient (Wildman–Crippen LogP) is 3.99. The van der Waals surface area contributed by atoms with Crippen LogP contribution < -0.4 is 4.72 Å². The van der Waals surface area contributed by atoms with Crippen molar-refractivity contribution in [2.75, 3.05) is 4.72 Å². The van der Waals surface area contributed by atoms with Crippen LogP contribution in [0.25, 0.3) is 10.9 Å². The van der Waals surface area contributed by atoms with Crippen molar-refractivity contribution in [1.29, 1.82) is 0 Å². The van der Waals surface area contributed by atoms with Crippen LogP contribution in [0.3, 0.4) is 0 Å². The van der Waals surface area contributed by atoms with E-state index in [4.69, 9.17) is 0 Å². The average molecular weight is 344 g/mol. The van der Waals surface area contributed by atoms with Crippen LogP contribution in [-0.4, -0.2) is 13.4 Å². The molecule has 3 aromatic rings. The number of halogens is 1. The van der Waals surface area contributed by atoms with E-state index in [0.717, 1.165) is 36.6 Å². The van der Waals surface area contributed by atoms with Crippen molar-refractivity contribution < 1.29 is 12.8 Å². The monoisotopic (exact) mass is 344 g/mol. The van der Waals surface area contributed by atoms with E-state index < -0.39 is 15.8 Å². The molecule has 24 heavy (non-hydrogen) atoms. The molecule has 1 aromatic heterocycles. The molecule has 4 nitrogen and oxygen atoms in total. The number of hydrogen-bond acceptors (Lipinski definition) is 2. The Balaban J connectivity index is 1.73. The Labute approximate surface area is 139 Å². The van der Waals surface area contributed by atoms with Gasteiger partial charge in [-0.3, -0.25) is 4.72 Å². The van der Waals surface area contributed by atoms with Crippen molar-refractivity contribution in [3.05, 3.63) is 59.5 Å². The molecule has 1 heterocycles. The zero-order valence-electron chi connectivity index (χ0n) is 13.0. The van der Waals surface area contributed by atoms with Gasteiger partial charge in [0.25, 0.3) is 10.0 Å². The van der Waals surface area contributed by atoms with Crippen molar-refractivity contribution >= 4 is 26.6 Å². The summed E-state index contributed by atoms with van der Waals surface area (Å²) < 4.78 is 40.7. The number of aryl methyl sites for hydroxylation is 2.